The molecule has 0 amide bonds. The lowest BCUT2D eigenvalue weighted by molar-refractivity contribution is 0.345. The molecule has 1 aromatic rings. The fraction of sp³-hybridized carbons (Fsp3) is 0.273. The standard InChI is InChI=1S/C11H12BrClFNO/c1-7(5-15-2)6-16-11-4-10(14)9(13)3-8(11)12/h3-4,15H,1,5-6H2,2H3. The molecule has 16 heavy (non-hydrogen) atoms. The summed E-state index contributed by atoms with van der Waals surface area (Å²) in [5, 5.41) is 3.02. The van der Waals surface area contributed by atoms with Crippen LogP contribution in [-0.4, -0.2) is 20.2 Å². The lowest BCUT2D eigenvalue weighted by Gasteiger charge is -2.10. The van der Waals surface area contributed by atoms with E-state index < -0.39 is 5.82 Å². The van der Waals surface area contributed by atoms with E-state index in [1.54, 1.807) is 0 Å². The number of nitrogens with one attached hydrogen (secondary N) is 1. The van der Waals surface area contributed by atoms with Gasteiger partial charge in [0.25, 0.3) is 0 Å². The summed E-state index contributed by atoms with van der Waals surface area (Å²) in [7, 11) is 1.82. The minimum atomic E-state index is -0.501. The number of hydrogen-bond acceptors (Lipinski definition) is 2. The molecule has 0 spiro atoms. The topological polar surface area (TPSA) is 21.3 Å². The lowest BCUT2D eigenvalue weighted by Crippen LogP contribution is -2.14. The minimum Gasteiger partial charge on any atom is -0.488 e. The van der Waals surface area contributed by atoms with E-state index in [1.807, 2.05) is 7.05 Å². The van der Waals surface area contributed by atoms with Gasteiger partial charge in [-0.25, -0.2) is 4.39 Å². The van der Waals surface area contributed by atoms with E-state index in [0.29, 0.717) is 23.4 Å². The van der Waals surface area contributed by atoms with Gasteiger partial charge in [0.05, 0.1) is 9.50 Å². The van der Waals surface area contributed by atoms with E-state index in [9.17, 15) is 4.39 Å². The van der Waals surface area contributed by atoms with E-state index in [4.69, 9.17) is 16.3 Å². The molecule has 1 aromatic carbocycles. The first kappa shape index (κ1) is 13.5. The fourth-order valence-corrected chi connectivity index (χ4v) is 1.85. The van der Waals surface area contributed by atoms with Crippen molar-refractivity contribution in [3.63, 3.8) is 0 Å². The maximum Gasteiger partial charge on any atom is 0.145 e. The second kappa shape index (κ2) is 6.23. The molecule has 0 saturated heterocycles. The van der Waals surface area contributed by atoms with Crippen molar-refractivity contribution < 1.29 is 9.13 Å². The molecule has 0 aliphatic carbocycles. The van der Waals surface area contributed by atoms with Crippen molar-refractivity contribution in [2.45, 2.75) is 0 Å². The smallest absolute Gasteiger partial charge is 0.145 e. The van der Waals surface area contributed by atoms with Gasteiger partial charge in [-0.15, -0.1) is 0 Å². The van der Waals surface area contributed by atoms with E-state index in [1.165, 1.54) is 12.1 Å². The van der Waals surface area contributed by atoms with Crippen molar-refractivity contribution in [1.29, 1.82) is 0 Å². The average Bonchev–Trinajstić information content (AvgIpc) is 2.22. The Morgan fingerprint density at radius 2 is 2.31 bits per heavy atom. The van der Waals surface area contributed by atoms with Crippen LogP contribution >= 0.6 is 27.5 Å². The Morgan fingerprint density at radius 1 is 1.62 bits per heavy atom. The van der Waals surface area contributed by atoms with Crippen LogP contribution < -0.4 is 10.1 Å². The summed E-state index contributed by atoms with van der Waals surface area (Å²) in [5.74, 6) is -0.0850. The zero-order valence-electron chi connectivity index (χ0n) is 8.82. The second-order valence-corrected chi connectivity index (χ2v) is 4.53. The Labute approximate surface area is 108 Å². The van der Waals surface area contributed by atoms with Gasteiger partial charge >= 0.3 is 0 Å². The van der Waals surface area contributed by atoms with Crippen molar-refractivity contribution >= 4 is 27.5 Å². The normalized spacial score (nSPS) is 10.2. The van der Waals surface area contributed by atoms with Crippen LogP contribution in [0.3, 0.4) is 0 Å². The van der Waals surface area contributed by atoms with E-state index in [-0.39, 0.29) is 5.02 Å². The quantitative estimate of drug-likeness (QED) is 0.665. The number of likely N-dealkylation sites (N-methyl/N-ethyl adjacent to an activating group) is 1. The molecule has 0 radical (unpaired) electrons. The van der Waals surface area contributed by atoms with Crippen LogP contribution in [0.5, 0.6) is 5.75 Å². The second-order valence-electron chi connectivity index (χ2n) is 3.27. The van der Waals surface area contributed by atoms with Gasteiger partial charge in [0.1, 0.15) is 18.2 Å². The van der Waals surface area contributed by atoms with E-state index in [2.05, 4.69) is 27.8 Å². The predicted molar refractivity (Wildman–Crippen MR) is 67.7 cm³/mol. The van der Waals surface area contributed by atoms with Gasteiger partial charge in [0.15, 0.2) is 0 Å². The Bertz CT molecular complexity index is 398. The Kier molecular flexibility index (Phi) is 5.25. The SMILES string of the molecule is C=C(CNC)COc1cc(F)c(Cl)cc1Br. The van der Waals surface area contributed by atoms with Crippen molar-refractivity contribution in [2.24, 2.45) is 0 Å². The van der Waals surface area contributed by atoms with Crippen LogP contribution in [0, 0.1) is 5.82 Å². The summed E-state index contributed by atoms with van der Waals surface area (Å²) in [4.78, 5) is 0. The molecule has 5 heteroatoms. The molecule has 0 bridgehead atoms. The summed E-state index contributed by atoms with van der Waals surface area (Å²) < 4.78 is 19.2. The molecule has 0 atom stereocenters. The molecule has 0 unspecified atom stereocenters. The Hall–Kier alpha value is -0.580. The summed E-state index contributed by atoms with van der Waals surface area (Å²) in [5.41, 5.74) is 0.879. The number of hydrogen-bond donors (Lipinski definition) is 1. The molecule has 0 saturated carbocycles. The highest BCUT2D eigenvalue weighted by Crippen LogP contribution is 2.30. The summed E-state index contributed by atoms with van der Waals surface area (Å²) >= 11 is 8.86. The maximum atomic E-state index is 13.2. The third-order valence-corrected chi connectivity index (χ3v) is 2.74. The van der Waals surface area contributed by atoms with Gasteiger partial charge in [0.2, 0.25) is 0 Å². The van der Waals surface area contributed by atoms with Crippen molar-refractivity contribution in [2.75, 3.05) is 20.2 Å². The van der Waals surface area contributed by atoms with Crippen LogP contribution in [0.2, 0.25) is 5.02 Å². The van der Waals surface area contributed by atoms with Crippen LogP contribution in [0.15, 0.2) is 28.8 Å². The number of rotatable bonds is 5. The zero-order valence-corrected chi connectivity index (χ0v) is 11.2. The lowest BCUT2D eigenvalue weighted by atomic mass is 10.3. The molecule has 0 fully saturated rings. The monoisotopic (exact) mass is 307 g/mol. The van der Waals surface area contributed by atoms with Gasteiger partial charge in [-0.05, 0) is 34.6 Å². The first-order valence-corrected chi connectivity index (χ1v) is 5.80. The number of benzene rings is 1. The first-order chi connectivity index (χ1) is 7.54. The van der Waals surface area contributed by atoms with Gasteiger partial charge in [0, 0.05) is 12.6 Å². The van der Waals surface area contributed by atoms with Crippen LogP contribution in [0.4, 0.5) is 4.39 Å². The van der Waals surface area contributed by atoms with Crippen LogP contribution in [-0.2, 0) is 0 Å². The predicted octanol–water partition coefficient (Wildman–Crippen LogP) is 3.40. The average molecular weight is 309 g/mol. The maximum absolute atomic E-state index is 13.2. The molecule has 1 rings (SSSR count). The number of ether oxygens (including phenoxy) is 1. The molecule has 88 valence electrons. The van der Waals surface area contributed by atoms with Gasteiger partial charge in [-0.2, -0.15) is 0 Å². The first-order valence-electron chi connectivity index (χ1n) is 4.63. The molecule has 0 aromatic heterocycles. The van der Waals surface area contributed by atoms with Crippen molar-refractivity contribution in [3.8, 4) is 5.75 Å². The Balaban J connectivity index is 2.67. The molecular weight excluding hydrogens is 296 g/mol. The largest absolute Gasteiger partial charge is 0.488 e. The van der Waals surface area contributed by atoms with Crippen LogP contribution in [0.25, 0.3) is 0 Å². The van der Waals surface area contributed by atoms with Gasteiger partial charge < -0.3 is 10.1 Å². The molecule has 1 N–H and O–H groups in total. The van der Waals surface area contributed by atoms with E-state index in [0.717, 1.165) is 5.57 Å². The van der Waals surface area contributed by atoms with Gasteiger partial charge in [-0.1, -0.05) is 18.2 Å². The summed E-state index contributed by atoms with van der Waals surface area (Å²) in [6.45, 7) is 4.80. The molecule has 0 heterocycles. The minimum absolute atomic E-state index is 0.0632. The highest BCUT2D eigenvalue weighted by Gasteiger charge is 2.08. The highest BCUT2D eigenvalue weighted by atomic mass is 79.9. The molecule has 0 aliphatic rings. The third kappa shape index (κ3) is 3.77. The Morgan fingerprint density at radius 3 is 2.94 bits per heavy atom. The van der Waals surface area contributed by atoms with E-state index >= 15 is 0 Å². The zero-order chi connectivity index (χ0) is 12.1. The molecular formula is C11H12BrClFNO. The third-order valence-electron chi connectivity index (χ3n) is 1.83. The molecule has 0 aliphatic heterocycles. The molecule has 2 nitrogen and oxygen atoms in total. The summed E-state index contributed by atoms with van der Waals surface area (Å²) in [6, 6.07) is 2.71. The number of halogens is 3. The van der Waals surface area contributed by atoms with Crippen molar-refractivity contribution in [3.05, 3.63) is 39.6 Å². The fourth-order valence-electron chi connectivity index (χ4n) is 1.10. The highest BCUT2D eigenvalue weighted by molar-refractivity contribution is 9.10. The van der Waals surface area contributed by atoms with Crippen molar-refractivity contribution in [1.82, 2.24) is 5.32 Å². The van der Waals surface area contributed by atoms with Gasteiger partial charge in [-0.3, -0.25) is 0 Å². The summed E-state index contributed by atoms with van der Waals surface area (Å²) in [6.07, 6.45) is 0. The van der Waals surface area contributed by atoms with Crippen LogP contribution in [0.1, 0.15) is 0 Å².